The van der Waals surface area contributed by atoms with Gasteiger partial charge in [0.1, 0.15) is 0 Å². The summed E-state index contributed by atoms with van der Waals surface area (Å²) >= 11 is 0. The van der Waals surface area contributed by atoms with Crippen molar-refractivity contribution in [2.75, 3.05) is 52.2 Å². The van der Waals surface area contributed by atoms with Gasteiger partial charge in [0.15, 0.2) is 11.5 Å². The van der Waals surface area contributed by atoms with Gasteiger partial charge in [-0.15, -0.1) is 0 Å². The topological polar surface area (TPSA) is 129 Å². The van der Waals surface area contributed by atoms with E-state index < -0.39 is 6.04 Å². The van der Waals surface area contributed by atoms with Crippen LogP contribution in [0.4, 0.5) is 11.4 Å². The molecule has 1 atom stereocenters. The largest absolute Gasteiger partial charge is 0.493 e. The number of fused-ring (bicyclic) bond motifs is 4. The second kappa shape index (κ2) is 13.7. The molecule has 4 aromatic rings. The van der Waals surface area contributed by atoms with Gasteiger partial charge in [-0.2, -0.15) is 0 Å². The average Bonchev–Trinajstić information content (AvgIpc) is 3.31. The van der Waals surface area contributed by atoms with Crippen molar-refractivity contribution in [1.29, 1.82) is 0 Å². The summed E-state index contributed by atoms with van der Waals surface area (Å²) in [4.78, 5) is 38.8. The second-order valence-corrected chi connectivity index (χ2v) is 10.7. The van der Waals surface area contributed by atoms with Crippen molar-refractivity contribution in [2.45, 2.75) is 32.4 Å². The van der Waals surface area contributed by atoms with Crippen molar-refractivity contribution >= 4 is 34.1 Å². The Labute approximate surface area is 261 Å². The van der Waals surface area contributed by atoms with Crippen LogP contribution in [0.5, 0.6) is 17.2 Å². The minimum atomic E-state index is -0.431. The quantitative estimate of drug-likeness (QED) is 0.225. The van der Waals surface area contributed by atoms with Gasteiger partial charge in [0.05, 0.1) is 57.4 Å². The molecule has 0 saturated heterocycles. The zero-order chi connectivity index (χ0) is 32.1. The van der Waals surface area contributed by atoms with E-state index in [1.54, 1.807) is 27.4 Å². The average molecular weight is 615 g/mol. The minimum absolute atomic E-state index is 0.134. The molecule has 1 aliphatic rings. The number of anilines is 2. The van der Waals surface area contributed by atoms with E-state index in [9.17, 15) is 14.4 Å². The van der Waals surface area contributed by atoms with Gasteiger partial charge < -0.3 is 39.5 Å². The molecule has 11 nitrogen and oxygen atoms in total. The lowest BCUT2D eigenvalue weighted by molar-refractivity contribution is -0.119. The fourth-order valence-corrected chi connectivity index (χ4v) is 5.94. The number of amides is 2. The molecule has 236 valence electrons. The molecule has 0 saturated carbocycles. The first-order chi connectivity index (χ1) is 21.8. The standard InChI is InChI=1S/C34H38N4O7/c1-20(39)36-26-11-9-21-17-30(43-3)33(44-4)34(45-5)32(21)22-10-12-27(29(40)18-24(22)26)35-19-31(41)37-25-7-6-8-28-23(25)13-14-38(28)15-16-42-2/h6-8,10,12-14,17-18,26H,9,11,15-16,19H2,1-5H3,(H,35,40)(H,36,39)(H,37,41)/t26-/m0/s1. The Balaban J connectivity index is 1.47. The van der Waals surface area contributed by atoms with Crippen molar-refractivity contribution in [3.63, 3.8) is 0 Å². The predicted octanol–water partition coefficient (Wildman–Crippen LogP) is 4.51. The highest BCUT2D eigenvalue weighted by Gasteiger charge is 2.29. The lowest BCUT2D eigenvalue weighted by Crippen LogP contribution is -2.27. The summed E-state index contributed by atoms with van der Waals surface area (Å²) in [6.07, 6.45) is 3.10. The fourth-order valence-electron chi connectivity index (χ4n) is 5.94. The number of nitrogens with one attached hydrogen (secondary N) is 3. The maximum absolute atomic E-state index is 13.6. The van der Waals surface area contributed by atoms with Crippen LogP contribution in [0.1, 0.15) is 30.5 Å². The number of methoxy groups -OCH3 is 4. The first-order valence-electron chi connectivity index (χ1n) is 14.7. The van der Waals surface area contributed by atoms with Crippen molar-refractivity contribution in [2.24, 2.45) is 0 Å². The molecule has 45 heavy (non-hydrogen) atoms. The number of nitrogens with zero attached hydrogens (tertiary/aromatic N) is 1. The van der Waals surface area contributed by atoms with Gasteiger partial charge in [-0.3, -0.25) is 14.4 Å². The number of rotatable bonds is 11. The summed E-state index contributed by atoms with van der Waals surface area (Å²) in [5, 5.41) is 9.88. The number of carbonyl (C=O) groups is 2. The van der Waals surface area contributed by atoms with Crippen molar-refractivity contribution in [1.82, 2.24) is 9.88 Å². The van der Waals surface area contributed by atoms with E-state index in [2.05, 4.69) is 20.5 Å². The Kier molecular flexibility index (Phi) is 9.58. The van der Waals surface area contributed by atoms with E-state index in [1.165, 1.54) is 20.1 Å². The number of benzene rings is 2. The number of carbonyl (C=O) groups excluding carboxylic acids is 2. The first kappa shape index (κ1) is 31.4. The van der Waals surface area contributed by atoms with E-state index in [-0.39, 0.29) is 29.5 Å². The van der Waals surface area contributed by atoms with Crippen LogP contribution in [-0.2, 0) is 27.3 Å². The number of aromatic nitrogens is 1. The fraction of sp³-hybridized carbons (Fsp3) is 0.324. The molecule has 3 aromatic carbocycles. The van der Waals surface area contributed by atoms with Crippen LogP contribution >= 0.6 is 0 Å². The molecule has 1 heterocycles. The van der Waals surface area contributed by atoms with Gasteiger partial charge in [-0.25, -0.2) is 0 Å². The zero-order valence-electron chi connectivity index (χ0n) is 26.1. The molecule has 2 amide bonds. The van der Waals surface area contributed by atoms with Crippen molar-refractivity contribution in [3.8, 4) is 28.4 Å². The van der Waals surface area contributed by atoms with Gasteiger partial charge >= 0.3 is 0 Å². The molecule has 11 heteroatoms. The number of ether oxygens (including phenoxy) is 4. The van der Waals surface area contributed by atoms with Crippen molar-refractivity contribution < 1.29 is 28.5 Å². The summed E-state index contributed by atoms with van der Waals surface area (Å²) in [5.41, 5.74) is 4.60. The Morgan fingerprint density at radius 3 is 2.47 bits per heavy atom. The molecule has 1 aromatic heterocycles. The second-order valence-electron chi connectivity index (χ2n) is 10.7. The number of hydrogen-bond donors (Lipinski definition) is 3. The Hall–Kier alpha value is -5.03. The van der Waals surface area contributed by atoms with Crippen LogP contribution in [0.25, 0.3) is 22.0 Å². The monoisotopic (exact) mass is 614 g/mol. The van der Waals surface area contributed by atoms with Crippen molar-refractivity contribution in [3.05, 3.63) is 76.1 Å². The van der Waals surface area contributed by atoms with Crippen LogP contribution in [0.2, 0.25) is 0 Å². The summed E-state index contributed by atoms with van der Waals surface area (Å²) in [7, 11) is 6.31. The molecule has 0 aliphatic heterocycles. The number of aryl methyl sites for hydroxylation is 1. The summed E-state index contributed by atoms with van der Waals surface area (Å²) in [6.45, 7) is 2.59. The highest BCUT2D eigenvalue weighted by atomic mass is 16.5. The Morgan fingerprint density at radius 2 is 1.76 bits per heavy atom. The summed E-state index contributed by atoms with van der Waals surface area (Å²) < 4.78 is 24.3. The predicted molar refractivity (Wildman–Crippen MR) is 174 cm³/mol. The molecule has 1 aliphatic carbocycles. The molecule has 0 radical (unpaired) electrons. The number of hydrogen-bond acceptors (Lipinski definition) is 8. The molecule has 0 bridgehead atoms. The summed E-state index contributed by atoms with van der Waals surface area (Å²) in [6, 6.07) is 14.1. The van der Waals surface area contributed by atoms with Gasteiger partial charge in [-0.05, 0) is 65.9 Å². The maximum Gasteiger partial charge on any atom is 0.243 e. The molecule has 5 rings (SSSR count). The highest BCUT2D eigenvalue weighted by Crippen LogP contribution is 2.50. The van der Waals surface area contributed by atoms with E-state index >= 15 is 0 Å². The van der Waals surface area contributed by atoms with Crippen LogP contribution in [0, 0.1) is 0 Å². The lowest BCUT2D eigenvalue weighted by atomic mass is 9.95. The molecular weight excluding hydrogens is 576 g/mol. The molecule has 0 spiro atoms. The minimum Gasteiger partial charge on any atom is -0.493 e. The van der Waals surface area contributed by atoms with E-state index in [0.29, 0.717) is 60.1 Å². The molecule has 0 fully saturated rings. The van der Waals surface area contributed by atoms with E-state index in [4.69, 9.17) is 18.9 Å². The van der Waals surface area contributed by atoms with Gasteiger partial charge in [0, 0.05) is 37.7 Å². The maximum atomic E-state index is 13.6. The first-order valence-corrected chi connectivity index (χ1v) is 14.7. The molecular formula is C34H38N4O7. The van der Waals surface area contributed by atoms with Crippen LogP contribution in [0.3, 0.4) is 0 Å². The molecule has 3 N–H and O–H groups in total. The smallest absolute Gasteiger partial charge is 0.243 e. The Bertz CT molecular complexity index is 1800. The third-order valence-corrected chi connectivity index (χ3v) is 7.98. The summed E-state index contributed by atoms with van der Waals surface area (Å²) in [5.74, 6) is 0.898. The molecule has 0 unspecified atom stereocenters. The lowest BCUT2D eigenvalue weighted by Gasteiger charge is -2.19. The van der Waals surface area contributed by atoms with E-state index in [0.717, 1.165) is 22.0 Å². The SMILES string of the molecule is COCCn1ccc2c(NC(=O)CNc3ccc4c(cc3=O)[C@@H](NC(C)=O)CCc3cc(OC)c(OC)c(OC)c3-4)cccc21. The van der Waals surface area contributed by atoms with Crippen LogP contribution in [-0.4, -0.2) is 58.0 Å². The third-order valence-electron chi connectivity index (χ3n) is 7.98. The Morgan fingerprint density at radius 1 is 0.956 bits per heavy atom. The third kappa shape index (κ3) is 6.44. The van der Waals surface area contributed by atoms with Gasteiger partial charge in [0.25, 0.3) is 0 Å². The van der Waals surface area contributed by atoms with Crippen LogP contribution < -0.4 is 35.6 Å². The van der Waals surface area contributed by atoms with Gasteiger partial charge in [-0.1, -0.05) is 12.1 Å². The zero-order valence-corrected chi connectivity index (χ0v) is 26.1. The van der Waals surface area contributed by atoms with Gasteiger partial charge in [0.2, 0.25) is 23.0 Å². The normalized spacial score (nSPS) is 13.7. The van der Waals surface area contributed by atoms with E-state index in [1.807, 2.05) is 42.6 Å². The highest BCUT2D eigenvalue weighted by molar-refractivity contribution is 6.02. The van der Waals surface area contributed by atoms with Crippen LogP contribution in [0.15, 0.2) is 59.5 Å².